The molecule has 3 rings (SSSR count). The highest BCUT2D eigenvalue weighted by molar-refractivity contribution is 5.07. The molecule has 3 aliphatic rings. The Bertz CT molecular complexity index is 459. The van der Waals surface area contributed by atoms with Gasteiger partial charge < -0.3 is 19.7 Å². The van der Waals surface area contributed by atoms with Crippen LogP contribution < -0.4 is 5.11 Å². The van der Waals surface area contributed by atoms with Crippen molar-refractivity contribution in [3.63, 3.8) is 0 Å². The molecule has 0 aromatic heterocycles. The molecule has 25 heavy (non-hydrogen) atoms. The summed E-state index contributed by atoms with van der Waals surface area (Å²) in [5.41, 5.74) is -0.363. The van der Waals surface area contributed by atoms with E-state index in [9.17, 15) is 10.2 Å². The predicted octanol–water partition coefficient (Wildman–Crippen LogP) is 3.80. The lowest BCUT2D eigenvalue weighted by Gasteiger charge is -2.46. The molecule has 0 aromatic carbocycles. The van der Waals surface area contributed by atoms with Crippen molar-refractivity contribution in [1.29, 1.82) is 0 Å². The minimum absolute atomic E-state index is 0.0195. The molecule has 3 fully saturated rings. The van der Waals surface area contributed by atoms with Crippen molar-refractivity contribution in [2.24, 2.45) is 29.1 Å². The first kappa shape index (κ1) is 19.2. The first-order valence-electron chi connectivity index (χ1n) is 10.2. The number of hydrogen-bond donors (Lipinski definition) is 1. The fraction of sp³-hybridized carbons (Fsp3) is 0.905. The number of ether oxygens (including phenoxy) is 2. The molecule has 1 heterocycles. The van der Waals surface area contributed by atoms with Gasteiger partial charge in [-0.1, -0.05) is 32.8 Å². The lowest BCUT2D eigenvalue weighted by molar-refractivity contribution is -0.510. The van der Waals surface area contributed by atoms with Crippen molar-refractivity contribution in [3.8, 4) is 0 Å². The SMILES string of the molecule is C=C(O)C1(CO[C@@H]([O-])[C@H](C)[C@@H]2CCC[C@@H]3CCC(C)OCC32)CCC1. The monoisotopic (exact) mass is 351 g/mol. The third-order valence-corrected chi connectivity index (χ3v) is 7.34. The predicted molar refractivity (Wildman–Crippen MR) is 95.9 cm³/mol. The molecule has 4 nitrogen and oxygen atoms in total. The van der Waals surface area contributed by atoms with Crippen molar-refractivity contribution in [2.75, 3.05) is 13.2 Å². The summed E-state index contributed by atoms with van der Waals surface area (Å²) in [6.45, 7) is 9.02. The highest BCUT2D eigenvalue weighted by Crippen LogP contribution is 2.47. The van der Waals surface area contributed by atoms with Gasteiger partial charge in [0.05, 0.1) is 30.5 Å². The Balaban J connectivity index is 1.58. The Morgan fingerprint density at radius 3 is 2.68 bits per heavy atom. The van der Waals surface area contributed by atoms with Crippen LogP contribution in [0.2, 0.25) is 0 Å². The number of rotatable bonds is 6. The molecule has 1 saturated heterocycles. The molecule has 0 spiro atoms. The van der Waals surface area contributed by atoms with E-state index in [0.29, 0.717) is 30.5 Å². The summed E-state index contributed by atoms with van der Waals surface area (Å²) in [4.78, 5) is 0. The lowest BCUT2D eigenvalue weighted by Crippen LogP contribution is -2.47. The first-order valence-corrected chi connectivity index (χ1v) is 10.2. The third kappa shape index (κ3) is 4.06. The Morgan fingerprint density at radius 2 is 2.04 bits per heavy atom. The number of aliphatic hydroxyl groups excluding tert-OH is 1. The van der Waals surface area contributed by atoms with Crippen LogP contribution >= 0.6 is 0 Å². The van der Waals surface area contributed by atoms with Gasteiger partial charge in [0, 0.05) is 0 Å². The van der Waals surface area contributed by atoms with Gasteiger partial charge in [-0.05, 0) is 69.0 Å². The second kappa shape index (κ2) is 7.98. The van der Waals surface area contributed by atoms with Crippen molar-refractivity contribution >= 4 is 0 Å². The highest BCUT2D eigenvalue weighted by Gasteiger charge is 2.42. The second-order valence-electron chi connectivity index (χ2n) is 8.86. The van der Waals surface area contributed by atoms with E-state index in [-0.39, 0.29) is 17.1 Å². The molecule has 0 radical (unpaired) electrons. The molecule has 4 heteroatoms. The van der Waals surface area contributed by atoms with Crippen molar-refractivity contribution in [1.82, 2.24) is 0 Å². The number of fused-ring (bicyclic) bond motifs is 1. The molecule has 0 bridgehead atoms. The molecule has 2 unspecified atom stereocenters. The summed E-state index contributed by atoms with van der Waals surface area (Å²) < 4.78 is 11.8. The van der Waals surface area contributed by atoms with Gasteiger partial charge in [-0.25, -0.2) is 0 Å². The van der Waals surface area contributed by atoms with E-state index in [1.54, 1.807) is 0 Å². The van der Waals surface area contributed by atoms with E-state index >= 15 is 0 Å². The van der Waals surface area contributed by atoms with Crippen molar-refractivity contribution < 1.29 is 19.7 Å². The maximum atomic E-state index is 12.8. The van der Waals surface area contributed by atoms with Gasteiger partial charge in [-0.2, -0.15) is 0 Å². The smallest absolute Gasteiger partial charge is 0.0935 e. The fourth-order valence-electron chi connectivity index (χ4n) is 5.19. The first-order chi connectivity index (χ1) is 11.9. The van der Waals surface area contributed by atoms with E-state index < -0.39 is 6.29 Å². The van der Waals surface area contributed by atoms with E-state index in [2.05, 4.69) is 20.4 Å². The minimum atomic E-state index is -1.03. The van der Waals surface area contributed by atoms with Crippen LogP contribution in [0.4, 0.5) is 0 Å². The standard InChI is InChI=1S/C21H35O4/c1-14-8-9-17-6-4-7-18(19(17)12-24-14)15(2)20(23)25-13-21(16(3)22)10-5-11-21/h14-15,17-20,22H,3-13H2,1-2H3/q-1/t14?,15-,17-,18+,19?,20-/m1/s1. The van der Waals surface area contributed by atoms with Gasteiger partial charge in [0.1, 0.15) is 0 Å². The number of hydrogen-bond acceptors (Lipinski definition) is 4. The Kier molecular flexibility index (Phi) is 6.12. The van der Waals surface area contributed by atoms with Gasteiger partial charge >= 0.3 is 0 Å². The topological polar surface area (TPSA) is 61.8 Å². The molecule has 2 aliphatic carbocycles. The normalized spacial score (nSPS) is 37.2. The quantitative estimate of drug-likeness (QED) is 0.584. The summed E-state index contributed by atoms with van der Waals surface area (Å²) in [7, 11) is 0. The summed E-state index contributed by atoms with van der Waals surface area (Å²) in [6.07, 6.45) is 8.12. The molecule has 0 amide bonds. The maximum Gasteiger partial charge on any atom is 0.0935 e. The zero-order valence-electron chi connectivity index (χ0n) is 15.9. The van der Waals surface area contributed by atoms with Crippen LogP contribution in [0, 0.1) is 29.1 Å². The van der Waals surface area contributed by atoms with Crippen LogP contribution in [0.5, 0.6) is 0 Å². The molecular formula is C21H35O4-. The zero-order valence-corrected chi connectivity index (χ0v) is 15.9. The Hall–Kier alpha value is -0.580. The molecule has 0 aromatic rings. The van der Waals surface area contributed by atoms with Gasteiger partial charge in [-0.3, -0.25) is 0 Å². The molecule has 2 saturated carbocycles. The molecule has 144 valence electrons. The molecular weight excluding hydrogens is 316 g/mol. The molecule has 1 N–H and O–H groups in total. The lowest BCUT2D eigenvalue weighted by atomic mass is 9.66. The summed E-state index contributed by atoms with van der Waals surface area (Å²) in [5, 5.41) is 22.6. The third-order valence-electron chi connectivity index (χ3n) is 7.34. The van der Waals surface area contributed by atoms with Crippen LogP contribution in [-0.4, -0.2) is 30.7 Å². The van der Waals surface area contributed by atoms with Gasteiger partial charge in [0.25, 0.3) is 0 Å². The molecule has 1 aliphatic heterocycles. The van der Waals surface area contributed by atoms with Crippen LogP contribution in [0.25, 0.3) is 0 Å². The minimum Gasteiger partial charge on any atom is -0.831 e. The Labute approximate surface area is 152 Å². The largest absolute Gasteiger partial charge is 0.831 e. The number of aliphatic hydroxyl groups is 1. The van der Waals surface area contributed by atoms with Crippen LogP contribution in [0.15, 0.2) is 12.3 Å². The van der Waals surface area contributed by atoms with E-state index in [1.165, 1.54) is 19.3 Å². The van der Waals surface area contributed by atoms with Crippen molar-refractivity contribution in [2.45, 2.75) is 77.6 Å². The average Bonchev–Trinajstić information content (AvgIpc) is 2.74. The summed E-state index contributed by atoms with van der Waals surface area (Å²) in [6, 6.07) is 0. The van der Waals surface area contributed by atoms with Gasteiger partial charge in [-0.15, -0.1) is 0 Å². The van der Waals surface area contributed by atoms with Crippen LogP contribution in [0.3, 0.4) is 0 Å². The average molecular weight is 352 g/mol. The highest BCUT2D eigenvalue weighted by atomic mass is 16.6. The van der Waals surface area contributed by atoms with Crippen LogP contribution in [0.1, 0.15) is 65.2 Å². The fourth-order valence-corrected chi connectivity index (χ4v) is 5.19. The van der Waals surface area contributed by atoms with E-state index in [4.69, 9.17) is 9.47 Å². The van der Waals surface area contributed by atoms with Crippen LogP contribution in [-0.2, 0) is 9.47 Å². The Morgan fingerprint density at radius 1 is 1.28 bits per heavy atom. The summed E-state index contributed by atoms with van der Waals surface area (Å²) >= 11 is 0. The molecule has 6 atom stereocenters. The second-order valence-corrected chi connectivity index (χ2v) is 8.86. The van der Waals surface area contributed by atoms with Gasteiger partial charge in [0.15, 0.2) is 0 Å². The maximum absolute atomic E-state index is 12.8. The zero-order chi connectivity index (χ0) is 18.0. The van der Waals surface area contributed by atoms with E-state index in [1.807, 2.05) is 0 Å². The summed E-state index contributed by atoms with van der Waals surface area (Å²) in [5.74, 6) is 1.75. The van der Waals surface area contributed by atoms with Gasteiger partial charge in [0.2, 0.25) is 0 Å². The van der Waals surface area contributed by atoms with E-state index in [0.717, 1.165) is 38.7 Å². The van der Waals surface area contributed by atoms with Crippen molar-refractivity contribution in [3.05, 3.63) is 12.3 Å².